The van der Waals surface area contributed by atoms with Crippen molar-refractivity contribution in [1.82, 2.24) is 10.2 Å². The van der Waals surface area contributed by atoms with E-state index in [1.54, 1.807) is 0 Å². The van der Waals surface area contributed by atoms with Crippen LogP contribution < -0.4 is 5.32 Å². The van der Waals surface area contributed by atoms with Crippen molar-refractivity contribution >= 4 is 11.6 Å². The average molecular weight is 315 g/mol. The van der Waals surface area contributed by atoms with Crippen LogP contribution in [0.1, 0.15) is 18.4 Å². The van der Waals surface area contributed by atoms with Gasteiger partial charge in [0.05, 0.1) is 19.3 Å². The lowest BCUT2D eigenvalue weighted by Gasteiger charge is -2.13. The Hall–Kier alpha value is -0.650. The summed E-state index contributed by atoms with van der Waals surface area (Å²) in [7, 11) is 4.15. The van der Waals surface area contributed by atoms with Gasteiger partial charge in [-0.3, -0.25) is 0 Å². The summed E-state index contributed by atoms with van der Waals surface area (Å²) >= 11 is 6.04. The number of nitrogens with one attached hydrogen (secondary N) is 1. The second-order valence-corrected chi connectivity index (χ2v) is 5.88. The van der Waals surface area contributed by atoms with Gasteiger partial charge in [-0.05, 0) is 51.7 Å². The maximum atomic E-state index is 9.81. The number of halogens is 1. The molecule has 1 aromatic rings. The van der Waals surface area contributed by atoms with Crippen LogP contribution in [0.4, 0.5) is 0 Å². The molecule has 0 saturated heterocycles. The van der Waals surface area contributed by atoms with Gasteiger partial charge in [0.2, 0.25) is 0 Å². The quantitative estimate of drug-likeness (QED) is 0.614. The lowest BCUT2D eigenvalue weighted by atomic mass is 10.2. The maximum absolute atomic E-state index is 9.81. The second-order valence-electron chi connectivity index (χ2n) is 5.47. The van der Waals surface area contributed by atoms with Crippen molar-refractivity contribution in [3.05, 3.63) is 34.9 Å². The molecule has 1 unspecified atom stereocenters. The fourth-order valence-electron chi connectivity index (χ4n) is 1.93. The number of hydrogen-bond donors (Lipinski definition) is 2. The van der Waals surface area contributed by atoms with Crippen molar-refractivity contribution in [1.29, 1.82) is 0 Å². The van der Waals surface area contributed by atoms with Gasteiger partial charge in [0.1, 0.15) is 0 Å². The lowest BCUT2D eigenvalue weighted by molar-refractivity contribution is 0.0289. The maximum Gasteiger partial charge on any atom is 0.0897 e. The number of ether oxygens (including phenoxy) is 1. The van der Waals surface area contributed by atoms with E-state index < -0.39 is 6.10 Å². The molecule has 1 atom stereocenters. The highest BCUT2D eigenvalue weighted by Gasteiger charge is 2.05. The van der Waals surface area contributed by atoms with Crippen molar-refractivity contribution in [2.75, 3.05) is 40.3 Å². The van der Waals surface area contributed by atoms with E-state index in [4.69, 9.17) is 16.3 Å². The predicted molar refractivity (Wildman–Crippen MR) is 87.8 cm³/mol. The molecular formula is C16H27ClN2O2. The number of aliphatic hydroxyl groups excluding tert-OH is 1. The van der Waals surface area contributed by atoms with Crippen LogP contribution in [0.25, 0.3) is 0 Å². The van der Waals surface area contributed by atoms with Crippen molar-refractivity contribution in [3.63, 3.8) is 0 Å². The standard InChI is InChI=1S/C16H27ClN2O2/c1-19(2)10-6-5-9-18-11-15(20)13-21-12-14-7-3-4-8-16(14)17/h3-4,7-8,15,18,20H,5-6,9-13H2,1-2H3. The Kier molecular flexibility index (Phi) is 9.63. The first-order chi connectivity index (χ1) is 10.1. The second kappa shape index (κ2) is 11.0. The normalized spacial score (nSPS) is 12.8. The number of benzene rings is 1. The molecule has 0 radical (unpaired) electrons. The number of nitrogens with zero attached hydrogens (tertiary/aromatic N) is 1. The van der Waals surface area contributed by atoms with Crippen LogP contribution in [0.2, 0.25) is 5.02 Å². The average Bonchev–Trinajstić information content (AvgIpc) is 2.44. The first kappa shape index (κ1) is 18.4. The Balaban J connectivity index is 2.01. The molecule has 0 bridgehead atoms. The third-order valence-electron chi connectivity index (χ3n) is 3.11. The third-order valence-corrected chi connectivity index (χ3v) is 3.48. The summed E-state index contributed by atoms with van der Waals surface area (Å²) < 4.78 is 5.49. The zero-order valence-corrected chi connectivity index (χ0v) is 13.8. The summed E-state index contributed by atoms with van der Waals surface area (Å²) in [5.41, 5.74) is 0.947. The molecule has 1 rings (SSSR count). The lowest BCUT2D eigenvalue weighted by Crippen LogP contribution is -2.31. The van der Waals surface area contributed by atoms with Crippen LogP contribution in [0.3, 0.4) is 0 Å². The molecule has 0 heterocycles. The monoisotopic (exact) mass is 314 g/mol. The minimum atomic E-state index is -0.485. The van der Waals surface area contributed by atoms with E-state index in [0.717, 1.165) is 25.1 Å². The van der Waals surface area contributed by atoms with Crippen molar-refractivity contribution in [3.8, 4) is 0 Å². The van der Waals surface area contributed by atoms with Crippen LogP contribution in [0.15, 0.2) is 24.3 Å². The number of rotatable bonds is 11. The van der Waals surface area contributed by atoms with E-state index in [1.807, 2.05) is 24.3 Å². The highest BCUT2D eigenvalue weighted by atomic mass is 35.5. The van der Waals surface area contributed by atoms with E-state index in [9.17, 15) is 5.11 Å². The molecule has 1 aromatic carbocycles. The van der Waals surface area contributed by atoms with Crippen LogP contribution in [0, 0.1) is 0 Å². The van der Waals surface area contributed by atoms with Gasteiger partial charge in [0.25, 0.3) is 0 Å². The molecule has 5 heteroatoms. The summed E-state index contributed by atoms with van der Waals surface area (Å²) in [6, 6.07) is 7.58. The van der Waals surface area contributed by atoms with E-state index in [1.165, 1.54) is 6.42 Å². The van der Waals surface area contributed by atoms with E-state index in [0.29, 0.717) is 24.8 Å². The Bertz CT molecular complexity index is 388. The summed E-state index contributed by atoms with van der Waals surface area (Å²) in [4.78, 5) is 2.18. The number of hydrogen-bond acceptors (Lipinski definition) is 4. The molecule has 0 amide bonds. The molecule has 4 nitrogen and oxygen atoms in total. The van der Waals surface area contributed by atoms with Crippen LogP contribution in [-0.4, -0.2) is 56.4 Å². The predicted octanol–water partition coefficient (Wildman–Crippen LogP) is 2.15. The van der Waals surface area contributed by atoms with Gasteiger partial charge in [-0.1, -0.05) is 29.8 Å². The summed E-state index contributed by atoms with van der Waals surface area (Å²) in [5.74, 6) is 0. The fourth-order valence-corrected chi connectivity index (χ4v) is 2.12. The number of aliphatic hydroxyl groups is 1. The fraction of sp³-hybridized carbons (Fsp3) is 0.625. The molecule has 0 fully saturated rings. The van der Waals surface area contributed by atoms with Gasteiger partial charge in [-0.15, -0.1) is 0 Å². The van der Waals surface area contributed by atoms with E-state index in [2.05, 4.69) is 24.3 Å². The molecule has 2 N–H and O–H groups in total. The van der Waals surface area contributed by atoms with Gasteiger partial charge < -0.3 is 20.1 Å². The summed E-state index contributed by atoms with van der Waals surface area (Å²) in [6.45, 7) is 3.33. The zero-order valence-electron chi connectivity index (χ0n) is 13.0. The SMILES string of the molecule is CN(C)CCCCNCC(O)COCc1ccccc1Cl. The molecular weight excluding hydrogens is 288 g/mol. The highest BCUT2D eigenvalue weighted by Crippen LogP contribution is 2.15. The summed E-state index contributed by atoms with van der Waals surface area (Å²) in [6.07, 6.45) is 1.80. The van der Waals surface area contributed by atoms with Crippen LogP contribution in [-0.2, 0) is 11.3 Å². The first-order valence-corrected chi connectivity index (χ1v) is 7.82. The van der Waals surface area contributed by atoms with Crippen molar-refractivity contribution < 1.29 is 9.84 Å². The van der Waals surface area contributed by atoms with Crippen LogP contribution >= 0.6 is 11.6 Å². The molecule has 0 aliphatic rings. The van der Waals surface area contributed by atoms with Gasteiger partial charge in [-0.25, -0.2) is 0 Å². The topological polar surface area (TPSA) is 44.7 Å². The van der Waals surface area contributed by atoms with Gasteiger partial charge in [-0.2, -0.15) is 0 Å². The number of unbranched alkanes of at least 4 members (excludes halogenated alkanes) is 1. The van der Waals surface area contributed by atoms with Gasteiger partial charge in [0, 0.05) is 11.6 Å². The minimum Gasteiger partial charge on any atom is -0.389 e. The third kappa shape index (κ3) is 9.06. The van der Waals surface area contributed by atoms with Gasteiger partial charge >= 0.3 is 0 Å². The summed E-state index contributed by atoms with van der Waals surface area (Å²) in [5, 5.41) is 13.8. The van der Waals surface area contributed by atoms with E-state index in [-0.39, 0.29) is 0 Å². The van der Waals surface area contributed by atoms with Crippen LogP contribution in [0.5, 0.6) is 0 Å². The van der Waals surface area contributed by atoms with E-state index >= 15 is 0 Å². The molecule has 0 saturated carbocycles. The highest BCUT2D eigenvalue weighted by molar-refractivity contribution is 6.31. The van der Waals surface area contributed by atoms with Crippen molar-refractivity contribution in [2.24, 2.45) is 0 Å². The molecule has 0 aromatic heterocycles. The zero-order chi connectivity index (χ0) is 15.5. The Morgan fingerprint density at radius 2 is 2.05 bits per heavy atom. The molecule has 0 spiro atoms. The van der Waals surface area contributed by atoms with Crippen molar-refractivity contribution in [2.45, 2.75) is 25.6 Å². The molecule has 120 valence electrons. The molecule has 0 aliphatic carbocycles. The minimum absolute atomic E-state index is 0.315. The molecule has 21 heavy (non-hydrogen) atoms. The smallest absolute Gasteiger partial charge is 0.0897 e. The Labute approximate surface area is 133 Å². The Morgan fingerprint density at radius 1 is 1.29 bits per heavy atom. The largest absolute Gasteiger partial charge is 0.389 e. The van der Waals surface area contributed by atoms with Gasteiger partial charge in [0.15, 0.2) is 0 Å². The first-order valence-electron chi connectivity index (χ1n) is 7.44. The Morgan fingerprint density at radius 3 is 2.76 bits per heavy atom. The molecule has 0 aliphatic heterocycles.